The van der Waals surface area contributed by atoms with Gasteiger partial charge in [0, 0.05) is 23.9 Å². The van der Waals surface area contributed by atoms with E-state index in [1.54, 1.807) is 11.3 Å². The van der Waals surface area contributed by atoms with Crippen LogP contribution < -0.4 is 4.57 Å². The van der Waals surface area contributed by atoms with Gasteiger partial charge >= 0.3 is 0 Å². The standard InChI is InChI=1S/C21H22N3OS/c1-11-12-7-8-23(5)13(12)9-14-15(11)17-16-18(25-14)19(21(2,3)4)26-20(16)22-10-24(17)6/h7-10H,1-6H3/q+1. The maximum Gasteiger partial charge on any atom is 0.216 e. The molecule has 0 fully saturated rings. The second-order valence-electron chi connectivity index (χ2n) is 8.23. The van der Waals surface area contributed by atoms with Crippen molar-refractivity contribution < 1.29 is 8.98 Å². The molecule has 0 atom stereocenters. The van der Waals surface area contributed by atoms with E-state index in [0.29, 0.717) is 0 Å². The Morgan fingerprint density at radius 3 is 2.73 bits per heavy atom. The van der Waals surface area contributed by atoms with Crippen molar-refractivity contribution in [2.45, 2.75) is 33.1 Å². The van der Waals surface area contributed by atoms with Gasteiger partial charge in [-0.05, 0) is 12.5 Å². The molecule has 4 aromatic heterocycles. The number of fused-ring (bicyclic) bond motifs is 3. The summed E-state index contributed by atoms with van der Waals surface area (Å²) in [5.41, 5.74) is 5.60. The highest BCUT2D eigenvalue weighted by Crippen LogP contribution is 2.44. The van der Waals surface area contributed by atoms with Gasteiger partial charge in [0.25, 0.3) is 0 Å². The fraction of sp³-hybridized carbons (Fsp3) is 0.333. The zero-order valence-corrected chi connectivity index (χ0v) is 16.8. The van der Waals surface area contributed by atoms with Gasteiger partial charge in [0.1, 0.15) is 17.5 Å². The third-order valence-electron chi connectivity index (χ3n) is 5.33. The normalized spacial score (nSPS) is 13.0. The predicted octanol–water partition coefficient (Wildman–Crippen LogP) is 5.12. The molecule has 0 N–H and O–H groups in total. The summed E-state index contributed by atoms with van der Waals surface area (Å²) in [6.07, 6.45) is 4.04. The van der Waals surface area contributed by atoms with Crippen LogP contribution in [0.15, 0.2) is 29.1 Å². The van der Waals surface area contributed by atoms with Crippen LogP contribution in [0.4, 0.5) is 0 Å². The molecule has 4 heterocycles. The van der Waals surface area contributed by atoms with Gasteiger partial charge < -0.3 is 8.98 Å². The molecule has 0 saturated heterocycles. The Kier molecular flexibility index (Phi) is 2.96. The highest BCUT2D eigenvalue weighted by molar-refractivity contribution is 7.19. The summed E-state index contributed by atoms with van der Waals surface area (Å²) in [5.74, 6) is 0. The molecule has 26 heavy (non-hydrogen) atoms. The van der Waals surface area contributed by atoms with E-state index < -0.39 is 0 Å². The Bertz CT molecular complexity index is 1340. The smallest absolute Gasteiger partial charge is 0.216 e. The second-order valence-corrected chi connectivity index (χ2v) is 9.23. The summed E-state index contributed by atoms with van der Waals surface area (Å²) in [7, 11) is 4.15. The predicted molar refractivity (Wildman–Crippen MR) is 108 cm³/mol. The first-order valence-corrected chi connectivity index (χ1v) is 9.67. The second kappa shape index (κ2) is 4.86. The van der Waals surface area contributed by atoms with Crippen LogP contribution in [-0.4, -0.2) is 9.55 Å². The Balaban J connectivity index is 2.13. The van der Waals surface area contributed by atoms with E-state index in [0.717, 1.165) is 21.4 Å². The zero-order chi connectivity index (χ0) is 18.4. The average molecular weight is 364 g/mol. The van der Waals surface area contributed by atoms with Crippen LogP contribution in [0.3, 0.4) is 0 Å². The molecule has 5 heteroatoms. The molecule has 0 spiro atoms. The number of aryl methyl sites for hydroxylation is 3. The summed E-state index contributed by atoms with van der Waals surface area (Å²) >= 11 is 1.75. The number of rotatable bonds is 0. The lowest BCUT2D eigenvalue weighted by Gasteiger charge is -2.16. The summed E-state index contributed by atoms with van der Waals surface area (Å²) in [5, 5.41) is 3.61. The summed E-state index contributed by atoms with van der Waals surface area (Å²) in [4.78, 5) is 6.99. The SMILES string of the molecule is Cc1c2cc[n+](C)c2cc2oc3c(C(C)(C)C)sc4ncn(C)c(c12)c43. The van der Waals surface area contributed by atoms with Crippen molar-refractivity contribution in [1.29, 1.82) is 0 Å². The topological polar surface area (TPSA) is 34.8 Å². The first-order chi connectivity index (χ1) is 12.3. The molecule has 132 valence electrons. The molecule has 5 rings (SSSR count). The summed E-state index contributed by atoms with van der Waals surface area (Å²) in [6, 6.07) is 4.37. The summed E-state index contributed by atoms with van der Waals surface area (Å²) in [6.45, 7) is 8.90. The quantitative estimate of drug-likeness (QED) is 0.282. The van der Waals surface area contributed by atoms with E-state index >= 15 is 0 Å². The van der Waals surface area contributed by atoms with Gasteiger partial charge in [-0.2, -0.15) is 0 Å². The maximum absolute atomic E-state index is 6.56. The van der Waals surface area contributed by atoms with Crippen molar-refractivity contribution in [2.24, 2.45) is 14.1 Å². The monoisotopic (exact) mass is 364 g/mol. The lowest BCUT2D eigenvalue weighted by molar-refractivity contribution is -0.642. The number of nitrogens with zero attached hydrogens (tertiary/aromatic N) is 3. The minimum Gasteiger partial charge on any atom is -0.454 e. The van der Waals surface area contributed by atoms with Gasteiger partial charge in [-0.25, -0.2) is 9.55 Å². The van der Waals surface area contributed by atoms with E-state index in [1.807, 2.05) is 6.33 Å². The molecule has 0 aliphatic heterocycles. The highest BCUT2D eigenvalue weighted by atomic mass is 32.1. The first-order valence-electron chi connectivity index (χ1n) is 8.86. The molecule has 0 radical (unpaired) electrons. The van der Waals surface area contributed by atoms with Crippen LogP contribution in [0.2, 0.25) is 0 Å². The van der Waals surface area contributed by atoms with Gasteiger partial charge in [-0.15, -0.1) is 11.3 Å². The fourth-order valence-electron chi connectivity index (χ4n) is 4.01. The highest BCUT2D eigenvalue weighted by Gasteiger charge is 2.27. The van der Waals surface area contributed by atoms with E-state index in [9.17, 15) is 0 Å². The van der Waals surface area contributed by atoms with Gasteiger partial charge in [-0.3, -0.25) is 0 Å². The van der Waals surface area contributed by atoms with Crippen LogP contribution in [0, 0.1) is 6.92 Å². The Labute approximate surface area is 155 Å². The van der Waals surface area contributed by atoms with E-state index in [4.69, 9.17) is 4.42 Å². The van der Waals surface area contributed by atoms with Crippen molar-refractivity contribution in [2.75, 3.05) is 0 Å². The molecular weight excluding hydrogens is 342 g/mol. The molecule has 1 aromatic carbocycles. The Hall–Kier alpha value is -2.40. The average Bonchev–Trinajstić information content (AvgIpc) is 3.12. The zero-order valence-electron chi connectivity index (χ0n) is 16.0. The van der Waals surface area contributed by atoms with E-state index in [1.165, 1.54) is 32.2 Å². The van der Waals surface area contributed by atoms with Gasteiger partial charge in [0.2, 0.25) is 5.52 Å². The molecule has 0 aliphatic rings. The van der Waals surface area contributed by atoms with Crippen molar-refractivity contribution in [3.8, 4) is 0 Å². The van der Waals surface area contributed by atoms with Crippen LogP contribution >= 0.6 is 11.3 Å². The van der Waals surface area contributed by atoms with Crippen molar-refractivity contribution in [3.05, 3.63) is 35.1 Å². The van der Waals surface area contributed by atoms with Gasteiger partial charge in [0.15, 0.2) is 11.8 Å². The summed E-state index contributed by atoms with van der Waals surface area (Å²) < 4.78 is 10.8. The number of aromatic nitrogens is 3. The molecular formula is C21H22N3OS+. The largest absolute Gasteiger partial charge is 0.454 e. The molecule has 4 nitrogen and oxygen atoms in total. The fourth-order valence-corrected chi connectivity index (χ4v) is 5.14. The van der Waals surface area contributed by atoms with Crippen LogP contribution in [0.25, 0.3) is 43.2 Å². The molecule has 5 aromatic rings. The minimum atomic E-state index is 0.0121. The Morgan fingerprint density at radius 2 is 2.00 bits per heavy atom. The lowest BCUT2D eigenvalue weighted by Crippen LogP contribution is -2.24. The molecule has 0 unspecified atom stereocenters. The van der Waals surface area contributed by atoms with Crippen molar-refractivity contribution in [1.82, 2.24) is 9.55 Å². The van der Waals surface area contributed by atoms with E-state index in [2.05, 4.69) is 74.2 Å². The molecule has 0 bridgehead atoms. The number of benzene rings is 1. The minimum absolute atomic E-state index is 0.0121. The van der Waals surface area contributed by atoms with Crippen LogP contribution in [-0.2, 0) is 19.5 Å². The third-order valence-corrected chi connectivity index (χ3v) is 6.83. The van der Waals surface area contributed by atoms with E-state index in [-0.39, 0.29) is 5.41 Å². The van der Waals surface area contributed by atoms with Crippen molar-refractivity contribution >= 4 is 54.5 Å². The molecule has 0 saturated carbocycles. The maximum atomic E-state index is 6.56. The molecule has 0 aliphatic carbocycles. The number of hydrogen-bond donors (Lipinski definition) is 0. The van der Waals surface area contributed by atoms with Crippen LogP contribution in [0.1, 0.15) is 31.2 Å². The molecule has 0 amide bonds. The third kappa shape index (κ3) is 1.89. The lowest BCUT2D eigenvalue weighted by atomic mass is 9.93. The van der Waals surface area contributed by atoms with Gasteiger partial charge in [-0.1, -0.05) is 20.8 Å². The number of hydrogen-bond acceptors (Lipinski definition) is 3. The Morgan fingerprint density at radius 1 is 1.23 bits per heavy atom. The number of thiophene rings is 1. The van der Waals surface area contributed by atoms with Crippen molar-refractivity contribution in [3.63, 3.8) is 0 Å². The first kappa shape index (κ1) is 15.8. The van der Waals surface area contributed by atoms with Crippen LogP contribution in [0.5, 0.6) is 0 Å². The van der Waals surface area contributed by atoms with Gasteiger partial charge in [0.05, 0.1) is 33.6 Å².